The molecule has 0 spiro atoms. The summed E-state index contributed by atoms with van der Waals surface area (Å²) < 4.78 is 40.4. The first-order valence-electron chi connectivity index (χ1n) is 41.2. The molecule has 0 aliphatic rings. The Morgan fingerprint density at radius 3 is 1.45 bits per heavy atom. The number of oxazole rings is 1. The fraction of sp³-hybridized carbons (Fsp3) is 0.235. The molecule has 48 nitrogen and oxygen atoms in total. The maximum atomic E-state index is 5.51. The third-order valence-electron chi connectivity index (χ3n) is 20.7. The molecule has 19 heterocycles. The third-order valence-corrected chi connectivity index (χ3v) is 20.7. The van der Waals surface area contributed by atoms with Gasteiger partial charge in [-0.15, -0.1) is 20.4 Å². The van der Waals surface area contributed by atoms with E-state index in [2.05, 4.69) is 176 Å². The molecule has 20 rings (SSSR count). The van der Waals surface area contributed by atoms with Crippen LogP contribution < -0.4 is 66.2 Å². The monoisotopic (exact) mass is 1800 g/mol. The van der Waals surface area contributed by atoms with Gasteiger partial charge >= 0.3 is 0 Å². The molecule has 0 radical (unpaired) electrons. The molecule has 678 valence electrons. The molecule has 14 N–H and O–H groups in total. The number of aromatic amines is 6. The van der Waals surface area contributed by atoms with Crippen molar-refractivity contribution in [2.75, 3.05) is 78.1 Å². The number of aromatic nitrogens is 34. The van der Waals surface area contributed by atoms with Crippen LogP contribution in [0.4, 0.5) is 92.6 Å². The van der Waals surface area contributed by atoms with E-state index >= 15 is 0 Å². The van der Waals surface area contributed by atoms with E-state index in [1.807, 2.05) is 131 Å². The van der Waals surface area contributed by atoms with Crippen LogP contribution in [0.5, 0.6) is 29.4 Å². The van der Waals surface area contributed by atoms with Crippen molar-refractivity contribution in [3.05, 3.63) is 168 Å². The topological polar surface area (TPSA) is 571 Å². The summed E-state index contributed by atoms with van der Waals surface area (Å²) in [5.74, 6) is 8.65. The summed E-state index contributed by atoms with van der Waals surface area (Å²) in [4.78, 5) is 69.5. The number of anilines is 16. The van der Waals surface area contributed by atoms with Crippen LogP contribution in [-0.2, 0) is 41.7 Å². The number of H-pyrrole nitrogens is 6. The lowest BCUT2D eigenvalue weighted by Crippen LogP contribution is -2.01. The van der Waals surface area contributed by atoms with Crippen molar-refractivity contribution in [1.29, 1.82) is 0 Å². The van der Waals surface area contributed by atoms with Gasteiger partial charge in [-0.25, -0.2) is 64.9 Å². The van der Waals surface area contributed by atoms with Crippen LogP contribution >= 0.6 is 0 Å². The van der Waals surface area contributed by atoms with Crippen LogP contribution in [0.3, 0.4) is 0 Å². The Morgan fingerprint density at radius 1 is 0.391 bits per heavy atom. The highest BCUT2D eigenvalue weighted by Gasteiger charge is 2.26. The Kier molecular flexibility index (Phi) is 24.3. The number of rotatable bonds is 26. The van der Waals surface area contributed by atoms with Gasteiger partial charge in [-0.1, -0.05) is 19.1 Å². The first-order valence-corrected chi connectivity index (χ1v) is 41.2. The largest absolute Gasteiger partial charge is 0.480 e. The summed E-state index contributed by atoms with van der Waals surface area (Å²) >= 11 is 0. The Labute approximate surface area is 755 Å². The fourth-order valence-electron chi connectivity index (χ4n) is 14.6. The number of ether oxygens (including phenoxy) is 5. The van der Waals surface area contributed by atoms with Gasteiger partial charge in [0.1, 0.15) is 79.6 Å². The lowest BCUT2D eigenvalue weighted by molar-refractivity contribution is 0.393. The number of fused-ring (bicyclic) bond motifs is 4. The summed E-state index contributed by atoms with van der Waals surface area (Å²) in [5.41, 5.74) is 21.1. The normalized spacial score (nSPS) is 11.2. The van der Waals surface area contributed by atoms with E-state index in [4.69, 9.17) is 48.0 Å². The molecule has 0 aliphatic heterocycles. The first-order chi connectivity index (χ1) is 64.4. The zero-order chi connectivity index (χ0) is 93.0. The zero-order valence-corrected chi connectivity index (χ0v) is 75.6. The zero-order valence-electron chi connectivity index (χ0n) is 75.6. The van der Waals surface area contributed by atoms with E-state index in [1.165, 1.54) is 6.33 Å². The number of hydrogen-bond acceptors (Lipinski definition) is 37. The summed E-state index contributed by atoms with van der Waals surface area (Å²) in [6.07, 6.45) is 27.2. The van der Waals surface area contributed by atoms with E-state index in [1.54, 1.807) is 129 Å². The second-order valence-corrected chi connectivity index (χ2v) is 30.4. The number of methoxy groups -OCH3 is 5. The molecular formula is C85H92N42O6. The molecule has 20 aromatic rings. The third kappa shape index (κ3) is 18.2. The predicted octanol–water partition coefficient (Wildman–Crippen LogP) is 13.4. The molecule has 0 aliphatic carbocycles. The fourth-order valence-corrected chi connectivity index (χ4v) is 14.6. The molecule has 0 atom stereocenters. The smallest absolute Gasteiger partial charge is 0.256 e. The molecule has 0 amide bonds. The number of pyridine rings is 2. The number of para-hydroxylation sites is 1. The van der Waals surface area contributed by atoms with Gasteiger partial charge in [0.2, 0.25) is 29.7 Å². The van der Waals surface area contributed by atoms with Crippen LogP contribution in [0.15, 0.2) is 122 Å². The second-order valence-electron chi connectivity index (χ2n) is 30.4. The number of nitrogens with zero attached hydrogens (tertiary/aromatic N) is 28. The van der Waals surface area contributed by atoms with Crippen molar-refractivity contribution in [3.63, 3.8) is 0 Å². The molecule has 0 saturated heterocycles. The van der Waals surface area contributed by atoms with Crippen LogP contribution in [0.2, 0.25) is 0 Å². The van der Waals surface area contributed by atoms with Crippen molar-refractivity contribution < 1.29 is 28.1 Å². The number of hydrogen-bond donors (Lipinski definition) is 14. The maximum Gasteiger partial charge on any atom is 0.256 e. The number of aryl methyl sites for hydroxylation is 14. The van der Waals surface area contributed by atoms with Crippen LogP contribution in [0, 0.1) is 55.4 Å². The minimum Gasteiger partial charge on any atom is -0.480 e. The van der Waals surface area contributed by atoms with Crippen molar-refractivity contribution in [3.8, 4) is 74.8 Å². The Bertz CT molecular complexity index is 7390. The quantitative estimate of drug-likeness (QED) is 0.0239. The SMILES string of the molecule is CCc1nn(C)cc1Nc1cccc2c(-c3nc(Nc4cn(C)nc4OC)ncc3C)[nH]nc12.COc1nn(C)cc1Nc1ncc(C)c(-c2[nH]nc3c(Nc4nc(C)oc4C)cncc23)n1.COc1nn(C)cc1Nc1ncc(C)c(-c2c[nH]c3c(Nc4cn[nH]c4OC)ncnc23)n1.COc1nn(C)cc1Nc1ncc(C)c(-c2n[nH]c3c(Nc4nc(C)[nH]c4C)nccc23)n1. The molecule has 133 heavy (non-hydrogen) atoms. The van der Waals surface area contributed by atoms with Crippen LogP contribution in [-0.4, -0.2) is 205 Å². The van der Waals surface area contributed by atoms with Gasteiger partial charge in [-0.05, 0) is 89.3 Å². The van der Waals surface area contributed by atoms with E-state index in [-0.39, 0.29) is 0 Å². The summed E-state index contributed by atoms with van der Waals surface area (Å²) in [5, 5.41) is 79.9. The minimum atomic E-state index is 0.403. The Balaban J connectivity index is 0.000000124. The summed E-state index contributed by atoms with van der Waals surface area (Å²) in [6, 6.07) is 7.94. The highest BCUT2D eigenvalue weighted by Crippen LogP contribution is 2.40. The average Bonchev–Trinajstić information content (AvgIpc) is 1.65. The van der Waals surface area contributed by atoms with E-state index < -0.39 is 0 Å². The van der Waals surface area contributed by atoms with Gasteiger partial charge in [0, 0.05) is 113 Å². The molecule has 0 bridgehead atoms. The molecule has 1 aromatic carbocycles. The summed E-state index contributed by atoms with van der Waals surface area (Å²) in [6.45, 7) is 17.4. The lowest BCUT2D eigenvalue weighted by Gasteiger charge is -2.09. The standard InChI is InChI=1S/C23H26N10O.C21H23N11O.C21H22N10O2.C20H21N11O2/c1-6-15-17(11-32(3)30-15)25-16-9-7-8-14-20(16)28-29-21(14)19-13(2)10-24-23(27-19)26-18-12-33(4)31-22(18)34-5;1-10-8-23-21(26-14-9-32(4)31-20(14)33-5)27-15(10)16-13-6-7-22-19(17(13)30-29-16)28-18-11(2)24-12(3)25-18;1-10-6-23-21(26-15-9-31(4)30-20(15)32-5)27-16(10)18-13-7-22-8-14(17(13)28-29-18)25-19-11(2)33-12(3)24-19;1-10-5-22-20(27-13-8-31(2)30-19(13)33-4)28-14(10)11-6-21-16-15(11)23-9-24-17(16)26-12-7-25-29-18(12)32-3/h7-12,25H,6H2,1-5H3,(H,28,29)(H,24,26,27);6-9H,1-5H3,(H,22,28)(H,24,25)(H,29,30)(H,23,26,27);6-9,25H,1-5H3,(H,28,29)(H,23,26,27);5-9,21H,1-4H3,(H,25,29)(H,22,27,28)(H,23,24,26). The second kappa shape index (κ2) is 37.1. The molecule has 0 saturated carbocycles. The summed E-state index contributed by atoms with van der Waals surface area (Å²) in [7, 11) is 17.0. The number of nitrogens with one attached hydrogen (secondary N) is 14. The number of imidazole rings is 1. The highest BCUT2D eigenvalue weighted by molar-refractivity contribution is 6.03. The highest BCUT2D eigenvalue weighted by atomic mass is 16.5. The predicted molar refractivity (Wildman–Crippen MR) is 498 cm³/mol. The van der Waals surface area contributed by atoms with Gasteiger partial charge in [-0.3, -0.25) is 43.7 Å². The van der Waals surface area contributed by atoms with E-state index in [0.717, 1.165) is 124 Å². The van der Waals surface area contributed by atoms with Crippen molar-refractivity contribution in [1.82, 2.24) is 169 Å². The van der Waals surface area contributed by atoms with Gasteiger partial charge in [0.15, 0.2) is 29.2 Å². The Morgan fingerprint density at radius 2 is 0.910 bits per heavy atom. The van der Waals surface area contributed by atoms with E-state index in [9.17, 15) is 0 Å². The average molecular weight is 1800 g/mol. The Hall–Kier alpha value is -18.0. The molecule has 19 aromatic heterocycles. The number of benzene rings is 1. The van der Waals surface area contributed by atoms with Gasteiger partial charge in [-0.2, -0.15) is 30.5 Å². The first kappa shape index (κ1) is 87.0. The van der Waals surface area contributed by atoms with Crippen LogP contribution in [0.25, 0.3) is 89.2 Å². The van der Waals surface area contributed by atoms with Crippen molar-refractivity contribution in [2.24, 2.45) is 35.2 Å². The molecule has 0 unspecified atom stereocenters. The lowest BCUT2D eigenvalue weighted by atomic mass is 10.1. The minimum absolute atomic E-state index is 0.403. The van der Waals surface area contributed by atoms with Gasteiger partial charge < -0.3 is 80.6 Å². The molecule has 48 heteroatoms. The van der Waals surface area contributed by atoms with Crippen molar-refractivity contribution in [2.45, 2.75) is 68.7 Å². The van der Waals surface area contributed by atoms with E-state index in [0.29, 0.717) is 145 Å². The molecular weight excluding hydrogens is 1710 g/mol. The van der Waals surface area contributed by atoms with Crippen LogP contribution in [0.1, 0.15) is 58.0 Å². The van der Waals surface area contributed by atoms with Gasteiger partial charge in [0.05, 0.1) is 135 Å². The maximum absolute atomic E-state index is 5.51. The van der Waals surface area contributed by atoms with Crippen molar-refractivity contribution >= 4 is 136 Å². The molecule has 0 fully saturated rings. The van der Waals surface area contributed by atoms with Gasteiger partial charge in [0.25, 0.3) is 23.5 Å².